The van der Waals surface area contributed by atoms with Gasteiger partial charge in [0.2, 0.25) is 15.9 Å². The molecule has 0 saturated carbocycles. The minimum Gasteiger partial charge on any atom is -0.355 e. The van der Waals surface area contributed by atoms with E-state index in [9.17, 15) is 26.4 Å². The third-order valence-electron chi connectivity index (χ3n) is 4.28. The fourth-order valence-electron chi connectivity index (χ4n) is 2.72. The van der Waals surface area contributed by atoms with Gasteiger partial charge >= 0.3 is 6.18 Å². The van der Waals surface area contributed by atoms with Crippen molar-refractivity contribution in [3.8, 4) is 0 Å². The lowest BCUT2D eigenvalue weighted by Crippen LogP contribution is -2.51. The lowest BCUT2D eigenvalue weighted by Gasteiger charge is -2.33. The molecule has 1 aliphatic heterocycles. The van der Waals surface area contributed by atoms with Crippen molar-refractivity contribution in [2.24, 2.45) is 5.92 Å². The van der Waals surface area contributed by atoms with Crippen LogP contribution in [0.2, 0.25) is 5.02 Å². The summed E-state index contributed by atoms with van der Waals surface area (Å²) in [6, 6.07) is 2.24. The predicted octanol–water partition coefficient (Wildman–Crippen LogP) is 2.44. The Morgan fingerprint density at radius 1 is 1.21 bits per heavy atom. The van der Waals surface area contributed by atoms with Crippen LogP contribution in [0, 0.1) is 5.92 Å². The molecular weight excluding hydrogens is 419 g/mol. The molecule has 0 radical (unpaired) electrons. The molecule has 0 spiro atoms. The zero-order valence-corrected chi connectivity index (χ0v) is 17.2. The van der Waals surface area contributed by atoms with E-state index in [1.807, 2.05) is 13.8 Å². The lowest BCUT2D eigenvalue weighted by molar-refractivity contribution is -0.137. The number of rotatable bonds is 6. The molecule has 0 aromatic heterocycles. The highest BCUT2D eigenvalue weighted by Crippen LogP contribution is 2.34. The van der Waals surface area contributed by atoms with Gasteiger partial charge in [-0.2, -0.15) is 17.5 Å². The van der Waals surface area contributed by atoms with E-state index in [0.29, 0.717) is 31.6 Å². The average molecular weight is 442 g/mol. The Morgan fingerprint density at radius 3 is 2.36 bits per heavy atom. The minimum atomic E-state index is -4.67. The van der Waals surface area contributed by atoms with Crippen LogP contribution < -0.4 is 5.32 Å². The summed E-state index contributed by atoms with van der Waals surface area (Å²) in [6.07, 6.45) is -4.67. The maximum atomic E-state index is 12.9. The SMILES string of the molecule is CC(C)CNC(=O)CN1CCN(S(=O)(=O)c2cc(C(F)(F)F)ccc2Cl)CC1. The van der Waals surface area contributed by atoms with Gasteiger partial charge in [-0.3, -0.25) is 9.69 Å². The molecule has 28 heavy (non-hydrogen) atoms. The third-order valence-corrected chi connectivity index (χ3v) is 6.66. The number of nitrogens with one attached hydrogen (secondary N) is 1. The summed E-state index contributed by atoms with van der Waals surface area (Å²) in [5, 5.41) is 2.53. The molecule has 1 aromatic rings. The molecular formula is C17H23ClF3N3O3S. The fourth-order valence-corrected chi connectivity index (χ4v) is 4.64. The summed E-state index contributed by atoms with van der Waals surface area (Å²) in [6.45, 7) is 5.37. The van der Waals surface area contributed by atoms with Gasteiger partial charge in [0, 0.05) is 32.7 Å². The highest BCUT2D eigenvalue weighted by molar-refractivity contribution is 7.89. The quantitative estimate of drug-likeness (QED) is 0.736. The Labute approximate surface area is 167 Å². The number of piperazine rings is 1. The standard InChI is InChI=1S/C17H23ClF3N3O3S/c1-12(2)10-22-16(25)11-23-5-7-24(8-6-23)28(26,27)15-9-13(17(19,20)21)3-4-14(15)18/h3-4,9,12H,5-8,10-11H2,1-2H3,(H,22,25). The van der Waals surface area contributed by atoms with Gasteiger partial charge in [0.15, 0.2) is 0 Å². The first kappa shape index (κ1) is 22.9. The summed E-state index contributed by atoms with van der Waals surface area (Å²) >= 11 is 5.87. The Kier molecular flexibility index (Phi) is 7.35. The van der Waals surface area contributed by atoms with Crippen LogP contribution in [-0.4, -0.2) is 62.8 Å². The number of amides is 1. The molecule has 1 saturated heterocycles. The van der Waals surface area contributed by atoms with Crippen molar-refractivity contribution in [3.63, 3.8) is 0 Å². The number of carbonyl (C=O) groups excluding carboxylic acids is 1. The van der Waals surface area contributed by atoms with Gasteiger partial charge in [-0.15, -0.1) is 0 Å². The summed E-state index contributed by atoms with van der Waals surface area (Å²) < 4.78 is 65.4. The molecule has 0 aliphatic carbocycles. The predicted molar refractivity (Wildman–Crippen MR) is 99.5 cm³/mol. The molecule has 0 bridgehead atoms. The lowest BCUT2D eigenvalue weighted by atomic mass is 10.2. The summed E-state index contributed by atoms with van der Waals surface area (Å²) in [5.41, 5.74) is -1.07. The van der Waals surface area contributed by atoms with Crippen LogP contribution in [0.4, 0.5) is 13.2 Å². The molecule has 6 nitrogen and oxygen atoms in total. The van der Waals surface area contributed by atoms with Crippen molar-refractivity contribution in [2.75, 3.05) is 39.3 Å². The minimum absolute atomic E-state index is 0.0619. The topological polar surface area (TPSA) is 69.7 Å². The number of sulfonamides is 1. The van der Waals surface area contributed by atoms with Gasteiger partial charge in [0.05, 0.1) is 17.1 Å². The second-order valence-corrected chi connectivity index (χ2v) is 9.33. The Morgan fingerprint density at radius 2 is 1.82 bits per heavy atom. The molecule has 158 valence electrons. The van der Waals surface area contributed by atoms with Gasteiger partial charge in [-0.1, -0.05) is 25.4 Å². The molecule has 1 N–H and O–H groups in total. The van der Waals surface area contributed by atoms with Crippen LogP contribution >= 0.6 is 11.6 Å². The molecule has 2 rings (SSSR count). The van der Waals surface area contributed by atoms with Crippen molar-refractivity contribution in [1.82, 2.24) is 14.5 Å². The molecule has 1 fully saturated rings. The van der Waals surface area contributed by atoms with Gasteiger partial charge in [-0.25, -0.2) is 8.42 Å². The van der Waals surface area contributed by atoms with Crippen molar-refractivity contribution in [1.29, 1.82) is 0 Å². The Balaban J connectivity index is 2.05. The van der Waals surface area contributed by atoms with E-state index in [1.165, 1.54) is 0 Å². The smallest absolute Gasteiger partial charge is 0.355 e. The van der Waals surface area contributed by atoms with E-state index in [0.717, 1.165) is 16.4 Å². The Hall–Kier alpha value is -1.36. The summed E-state index contributed by atoms with van der Waals surface area (Å²) in [5.74, 6) is 0.175. The van der Waals surface area contributed by atoms with Gasteiger partial charge < -0.3 is 5.32 Å². The Bertz CT molecular complexity index is 808. The van der Waals surface area contributed by atoms with Crippen molar-refractivity contribution in [2.45, 2.75) is 24.9 Å². The average Bonchev–Trinajstić information content (AvgIpc) is 2.59. The summed E-state index contributed by atoms with van der Waals surface area (Å²) in [4.78, 5) is 13.1. The third kappa shape index (κ3) is 5.82. The van der Waals surface area contributed by atoms with Crippen LogP contribution in [0.3, 0.4) is 0 Å². The van der Waals surface area contributed by atoms with Crippen molar-refractivity contribution in [3.05, 3.63) is 28.8 Å². The van der Waals surface area contributed by atoms with E-state index in [2.05, 4.69) is 5.32 Å². The number of hydrogen-bond acceptors (Lipinski definition) is 4. The number of benzene rings is 1. The number of alkyl halides is 3. The normalized spacial score (nSPS) is 17.1. The zero-order chi connectivity index (χ0) is 21.1. The van der Waals surface area contributed by atoms with Crippen LogP contribution in [-0.2, 0) is 21.0 Å². The molecule has 11 heteroatoms. The highest BCUT2D eigenvalue weighted by Gasteiger charge is 2.35. The maximum absolute atomic E-state index is 12.9. The molecule has 1 aliphatic rings. The first-order valence-corrected chi connectivity index (χ1v) is 10.6. The summed E-state index contributed by atoms with van der Waals surface area (Å²) in [7, 11) is -4.17. The van der Waals surface area contributed by atoms with Gasteiger partial charge in [0.25, 0.3) is 0 Å². The van der Waals surface area contributed by atoms with E-state index in [4.69, 9.17) is 11.6 Å². The van der Waals surface area contributed by atoms with E-state index >= 15 is 0 Å². The molecule has 0 unspecified atom stereocenters. The number of carbonyl (C=O) groups is 1. The van der Waals surface area contributed by atoms with E-state index in [-0.39, 0.29) is 30.6 Å². The first-order chi connectivity index (χ1) is 12.9. The van der Waals surface area contributed by atoms with Crippen molar-refractivity contribution >= 4 is 27.5 Å². The number of hydrogen-bond donors (Lipinski definition) is 1. The molecule has 1 heterocycles. The molecule has 0 atom stereocenters. The van der Waals surface area contributed by atoms with Crippen LogP contribution in [0.25, 0.3) is 0 Å². The second kappa shape index (κ2) is 8.98. The van der Waals surface area contributed by atoms with E-state index in [1.54, 1.807) is 4.90 Å². The van der Waals surface area contributed by atoms with Crippen molar-refractivity contribution < 1.29 is 26.4 Å². The largest absolute Gasteiger partial charge is 0.416 e. The van der Waals surface area contributed by atoms with Crippen LogP contribution in [0.15, 0.2) is 23.1 Å². The first-order valence-electron chi connectivity index (χ1n) is 8.77. The maximum Gasteiger partial charge on any atom is 0.416 e. The number of halogens is 4. The second-order valence-electron chi connectivity index (χ2n) is 7.02. The zero-order valence-electron chi connectivity index (χ0n) is 15.6. The molecule has 1 aromatic carbocycles. The highest BCUT2D eigenvalue weighted by atomic mass is 35.5. The van der Waals surface area contributed by atoms with Gasteiger partial charge in [-0.05, 0) is 24.1 Å². The number of nitrogens with zero attached hydrogens (tertiary/aromatic N) is 2. The molecule has 1 amide bonds. The van der Waals surface area contributed by atoms with Gasteiger partial charge in [0.1, 0.15) is 4.90 Å². The van der Waals surface area contributed by atoms with Crippen LogP contribution in [0.5, 0.6) is 0 Å². The fraction of sp³-hybridized carbons (Fsp3) is 0.588. The van der Waals surface area contributed by atoms with Crippen LogP contribution in [0.1, 0.15) is 19.4 Å². The van der Waals surface area contributed by atoms with E-state index < -0.39 is 26.7 Å². The monoisotopic (exact) mass is 441 g/mol.